The quantitative estimate of drug-likeness (QED) is 0.103. The molecule has 3 N–H and O–H groups in total. The lowest BCUT2D eigenvalue weighted by Crippen LogP contribution is -2.19. The molecule has 0 radical (unpaired) electrons. The molecule has 1 aliphatic rings. The largest absolute Gasteiger partial charge is 0.419 e. The lowest BCUT2D eigenvalue weighted by molar-refractivity contribution is -0.140. The molecule has 1 fully saturated rings. The van der Waals surface area contributed by atoms with Crippen LogP contribution in [0.3, 0.4) is 0 Å². The number of alkyl halides is 8. The summed E-state index contributed by atoms with van der Waals surface area (Å²) < 4.78 is 118. The first kappa shape index (κ1) is 38.5. The minimum absolute atomic E-state index is 0.0592. The standard InChI is InChI=1S/C30H21Cl3F9N3O3S/c31-17-3-2-14(43-27(48)23-22(29(23,32)33)13-1-4-18(34)16(11-13)30(40,41)42)12-15(17)26(47)44-20-6-5-19(35)25(24(20)36)45-21(46)7-9-49-10-8-28(37,38)39/h1-6,11-12,22-23H,7-10H2,(H,43,48)(H,44,47)(H,45,46)/t22-,23+/m0/s1. The highest BCUT2D eigenvalue weighted by atomic mass is 35.5. The highest BCUT2D eigenvalue weighted by Crippen LogP contribution is 2.65. The van der Waals surface area contributed by atoms with Gasteiger partial charge in [-0.3, -0.25) is 14.4 Å². The van der Waals surface area contributed by atoms with Crippen LogP contribution in [0.25, 0.3) is 0 Å². The van der Waals surface area contributed by atoms with Crippen molar-refractivity contribution in [2.24, 2.45) is 5.92 Å². The van der Waals surface area contributed by atoms with Crippen LogP contribution >= 0.6 is 46.6 Å². The van der Waals surface area contributed by atoms with Gasteiger partial charge in [-0.05, 0) is 48.0 Å². The van der Waals surface area contributed by atoms with Crippen molar-refractivity contribution < 1.29 is 53.9 Å². The molecule has 264 valence electrons. The summed E-state index contributed by atoms with van der Waals surface area (Å²) in [7, 11) is 0. The highest BCUT2D eigenvalue weighted by molar-refractivity contribution is 7.99. The Morgan fingerprint density at radius 1 is 0.837 bits per heavy atom. The van der Waals surface area contributed by atoms with Gasteiger partial charge in [0.25, 0.3) is 5.91 Å². The van der Waals surface area contributed by atoms with Crippen molar-refractivity contribution in [3.8, 4) is 0 Å². The zero-order valence-corrected chi connectivity index (χ0v) is 27.4. The second-order valence-electron chi connectivity index (χ2n) is 10.6. The predicted molar refractivity (Wildman–Crippen MR) is 168 cm³/mol. The molecule has 2 atom stereocenters. The topological polar surface area (TPSA) is 87.3 Å². The van der Waals surface area contributed by atoms with E-state index in [0.29, 0.717) is 12.1 Å². The highest BCUT2D eigenvalue weighted by Gasteiger charge is 2.67. The molecule has 6 nitrogen and oxygen atoms in total. The van der Waals surface area contributed by atoms with E-state index in [1.165, 1.54) is 12.1 Å². The number of amides is 3. The maximum atomic E-state index is 15.2. The fraction of sp³-hybridized carbons (Fsp3) is 0.300. The van der Waals surface area contributed by atoms with Gasteiger partial charge in [-0.25, -0.2) is 13.2 Å². The van der Waals surface area contributed by atoms with Crippen LogP contribution in [0.2, 0.25) is 5.02 Å². The third-order valence-corrected chi connectivity index (χ3v) is 9.33. The Hall–Kier alpha value is -3.34. The van der Waals surface area contributed by atoms with E-state index in [1.54, 1.807) is 0 Å². The Labute approximate surface area is 291 Å². The molecule has 49 heavy (non-hydrogen) atoms. The number of nitrogens with one attached hydrogen (secondary N) is 3. The summed E-state index contributed by atoms with van der Waals surface area (Å²) >= 11 is 19.4. The van der Waals surface area contributed by atoms with Gasteiger partial charge in [-0.1, -0.05) is 17.7 Å². The van der Waals surface area contributed by atoms with Crippen molar-refractivity contribution >= 4 is 81.3 Å². The molecule has 0 aliphatic heterocycles. The Morgan fingerprint density at radius 2 is 1.51 bits per heavy atom. The van der Waals surface area contributed by atoms with Crippen LogP contribution in [-0.2, 0) is 15.8 Å². The number of halogens is 12. The second kappa shape index (κ2) is 14.9. The number of rotatable bonds is 11. The average molecular weight is 781 g/mol. The fourth-order valence-electron chi connectivity index (χ4n) is 4.63. The van der Waals surface area contributed by atoms with E-state index in [0.717, 1.165) is 36.0 Å². The van der Waals surface area contributed by atoms with Gasteiger partial charge < -0.3 is 16.0 Å². The monoisotopic (exact) mass is 779 g/mol. The molecule has 19 heteroatoms. The molecule has 1 saturated carbocycles. The number of hydrogen-bond donors (Lipinski definition) is 3. The Morgan fingerprint density at radius 3 is 2.16 bits per heavy atom. The molecule has 1 aliphatic carbocycles. The molecule has 3 aromatic rings. The van der Waals surface area contributed by atoms with Gasteiger partial charge in [0, 0.05) is 29.5 Å². The van der Waals surface area contributed by atoms with Gasteiger partial charge in [0.05, 0.1) is 34.2 Å². The summed E-state index contributed by atoms with van der Waals surface area (Å²) in [5, 5.41) is 6.37. The average Bonchev–Trinajstić information content (AvgIpc) is 3.58. The zero-order chi connectivity index (χ0) is 36.5. The van der Waals surface area contributed by atoms with Gasteiger partial charge in [0.1, 0.15) is 21.7 Å². The Bertz CT molecular complexity index is 1770. The van der Waals surface area contributed by atoms with Crippen molar-refractivity contribution in [3.63, 3.8) is 0 Å². The van der Waals surface area contributed by atoms with E-state index in [2.05, 4.69) is 10.6 Å². The molecule has 0 bridgehead atoms. The Kier molecular flexibility index (Phi) is 11.7. The summed E-state index contributed by atoms with van der Waals surface area (Å²) in [6.07, 6.45) is -10.8. The first-order valence-corrected chi connectivity index (χ1v) is 16.1. The van der Waals surface area contributed by atoms with Gasteiger partial charge >= 0.3 is 12.4 Å². The minimum atomic E-state index is -5.02. The summed E-state index contributed by atoms with van der Waals surface area (Å²) in [5.41, 5.74) is -3.63. The number of anilines is 3. The molecule has 4 rings (SSSR count). The molecule has 3 aromatic carbocycles. The first-order valence-electron chi connectivity index (χ1n) is 13.8. The fourth-order valence-corrected chi connectivity index (χ4v) is 6.57. The normalized spacial score (nSPS) is 17.0. The third-order valence-electron chi connectivity index (χ3n) is 7.08. The van der Waals surface area contributed by atoms with Gasteiger partial charge in [-0.15, -0.1) is 23.2 Å². The van der Waals surface area contributed by atoms with Crippen LogP contribution in [0, 0.1) is 23.4 Å². The Balaban J connectivity index is 1.43. The minimum Gasteiger partial charge on any atom is -0.326 e. The van der Waals surface area contributed by atoms with E-state index in [4.69, 9.17) is 34.8 Å². The van der Waals surface area contributed by atoms with Crippen molar-refractivity contribution in [3.05, 3.63) is 87.7 Å². The molecule has 0 spiro atoms. The third kappa shape index (κ3) is 9.47. The number of carbonyl (C=O) groups excluding carboxylic acids is 3. The predicted octanol–water partition coefficient (Wildman–Crippen LogP) is 9.57. The van der Waals surface area contributed by atoms with Gasteiger partial charge in [0.15, 0.2) is 5.82 Å². The number of benzene rings is 3. The number of hydrogen-bond acceptors (Lipinski definition) is 4. The lowest BCUT2D eigenvalue weighted by atomic mass is 10.0. The van der Waals surface area contributed by atoms with Crippen LogP contribution in [0.4, 0.5) is 56.6 Å². The first-order chi connectivity index (χ1) is 22.7. The van der Waals surface area contributed by atoms with Crippen molar-refractivity contribution in [2.45, 2.75) is 35.4 Å². The van der Waals surface area contributed by atoms with Gasteiger partial charge in [-0.2, -0.15) is 38.1 Å². The lowest BCUT2D eigenvalue weighted by Gasteiger charge is -2.13. The molecular weight excluding hydrogens is 760 g/mol. The molecule has 0 heterocycles. The number of carbonyl (C=O) groups is 3. The molecule has 0 aromatic heterocycles. The number of thioether (sulfide) groups is 1. The second-order valence-corrected chi connectivity index (χ2v) is 13.6. The van der Waals surface area contributed by atoms with E-state index < -0.39 is 87.1 Å². The van der Waals surface area contributed by atoms with E-state index in [9.17, 15) is 49.5 Å². The molecule has 0 unspecified atom stereocenters. The maximum Gasteiger partial charge on any atom is 0.419 e. The summed E-state index contributed by atoms with van der Waals surface area (Å²) in [6.45, 7) is 0. The smallest absolute Gasteiger partial charge is 0.326 e. The van der Waals surface area contributed by atoms with Crippen molar-refractivity contribution in [2.75, 3.05) is 27.5 Å². The van der Waals surface area contributed by atoms with Gasteiger partial charge in [0.2, 0.25) is 11.8 Å². The van der Waals surface area contributed by atoms with E-state index in [-0.39, 0.29) is 39.8 Å². The molecular formula is C30H21Cl3F9N3O3S. The summed E-state index contributed by atoms with van der Waals surface area (Å²) in [5.74, 6) is -9.77. The molecule has 3 amide bonds. The summed E-state index contributed by atoms with van der Waals surface area (Å²) in [6, 6.07) is 7.18. The van der Waals surface area contributed by atoms with Crippen molar-refractivity contribution in [1.82, 2.24) is 0 Å². The zero-order valence-electron chi connectivity index (χ0n) is 24.3. The molecule has 0 saturated heterocycles. The SMILES string of the molecule is O=C(CCSCCC(F)(F)F)Nc1c(F)ccc(NC(=O)c2cc(NC(=O)[C@H]3[C@H](c4ccc(F)c(C(F)(F)F)c4)C3(Cl)Cl)ccc2Cl)c1F. The van der Waals surface area contributed by atoms with Crippen LogP contribution in [0.1, 0.15) is 40.2 Å². The van der Waals surface area contributed by atoms with Crippen LogP contribution in [0.5, 0.6) is 0 Å². The van der Waals surface area contributed by atoms with Crippen molar-refractivity contribution in [1.29, 1.82) is 0 Å². The van der Waals surface area contributed by atoms with E-state index in [1.807, 2.05) is 5.32 Å². The van der Waals surface area contributed by atoms with Crippen LogP contribution in [-0.4, -0.2) is 39.7 Å². The van der Waals surface area contributed by atoms with E-state index >= 15 is 4.39 Å². The maximum absolute atomic E-state index is 15.2. The van der Waals surface area contributed by atoms with Crippen LogP contribution < -0.4 is 16.0 Å². The van der Waals surface area contributed by atoms with Crippen LogP contribution in [0.15, 0.2) is 48.5 Å². The summed E-state index contributed by atoms with van der Waals surface area (Å²) in [4.78, 5) is 38.3.